The molecule has 0 bridgehead atoms. The monoisotopic (exact) mass is 235 g/mol. The normalized spacial score (nSPS) is 24.8. The van der Waals surface area contributed by atoms with Crippen molar-refractivity contribution in [1.82, 2.24) is 10.2 Å². The summed E-state index contributed by atoms with van der Waals surface area (Å²) in [4.78, 5) is 6.94. The van der Waals surface area contributed by atoms with Crippen molar-refractivity contribution in [2.75, 3.05) is 26.2 Å². The van der Waals surface area contributed by atoms with Crippen LogP contribution in [-0.2, 0) is 0 Å². The van der Waals surface area contributed by atoms with Crippen molar-refractivity contribution < 1.29 is 0 Å². The number of hydrogen-bond donors (Lipinski definition) is 1. The summed E-state index contributed by atoms with van der Waals surface area (Å²) in [5.41, 5.74) is 0.447. The second-order valence-electron chi connectivity index (χ2n) is 5.03. The van der Waals surface area contributed by atoms with E-state index in [1.54, 1.807) is 0 Å². The molecule has 1 rings (SSSR count). The molecule has 1 N–H and O–H groups in total. The minimum Gasteiger partial charge on any atom is -0.357 e. The predicted molar refractivity (Wildman–Crippen MR) is 74.0 cm³/mol. The molecule has 1 saturated heterocycles. The second-order valence-corrected chi connectivity index (χ2v) is 5.03. The van der Waals surface area contributed by atoms with Crippen molar-refractivity contribution in [2.45, 2.75) is 40.0 Å². The average Bonchev–Trinajstić information content (AvgIpc) is 2.72. The van der Waals surface area contributed by atoms with Gasteiger partial charge in [-0.1, -0.05) is 13.8 Å². The zero-order valence-electron chi connectivity index (χ0n) is 11.4. The van der Waals surface area contributed by atoms with Crippen LogP contribution in [0.25, 0.3) is 0 Å². The molecule has 17 heavy (non-hydrogen) atoms. The van der Waals surface area contributed by atoms with E-state index in [1.807, 2.05) is 0 Å². The molecule has 0 aromatic heterocycles. The van der Waals surface area contributed by atoms with Crippen LogP contribution in [0.3, 0.4) is 0 Å². The summed E-state index contributed by atoms with van der Waals surface area (Å²) >= 11 is 0. The molecule has 1 unspecified atom stereocenters. The Morgan fingerprint density at radius 2 is 2.29 bits per heavy atom. The Hall–Kier alpha value is -1.17. The fourth-order valence-corrected chi connectivity index (χ4v) is 2.15. The molecule has 3 heteroatoms. The molecule has 0 aromatic rings. The Morgan fingerprint density at radius 3 is 2.82 bits per heavy atom. The third-order valence-electron chi connectivity index (χ3n) is 3.56. The first kappa shape index (κ1) is 13.9. The molecular formula is C14H25N3. The molecule has 3 nitrogen and oxygen atoms in total. The van der Waals surface area contributed by atoms with Crippen LogP contribution in [0.15, 0.2) is 4.99 Å². The van der Waals surface area contributed by atoms with Crippen molar-refractivity contribution in [2.24, 2.45) is 10.4 Å². The lowest BCUT2D eigenvalue weighted by atomic mass is 9.87. The molecule has 0 aliphatic carbocycles. The van der Waals surface area contributed by atoms with Gasteiger partial charge in [0.05, 0.1) is 6.54 Å². The summed E-state index contributed by atoms with van der Waals surface area (Å²) < 4.78 is 0. The van der Waals surface area contributed by atoms with Crippen LogP contribution in [0.5, 0.6) is 0 Å². The molecule has 0 radical (unpaired) electrons. The fourth-order valence-electron chi connectivity index (χ4n) is 2.15. The average molecular weight is 235 g/mol. The summed E-state index contributed by atoms with van der Waals surface area (Å²) in [6, 6.07) is 0. The Balaban J connectivity index is 2.60. The number of guanidine groups is 1. The summed E-state index contributed by atoms with van der Waals surface area (Å²) in [5, 5.41) is 3.35. The SMILES string of the molecule is C#CCCN=C(NCC)N1CCC(C)(CC)C1. The van der Waals surface area contributed by atoms with Crippen LogP contribution >= 0.6 is 0 Å². The zero-order chi connectivity index (χ0) is 12.7. The number of aliphatic imine (C=N–C) groups is 1. The van der Waals surface area contributed by atoms with Crippen molar-refractivity contribution in [3.8, 4) is 12.3 Å². The van der Waals surface area contributed by atoms with E-state index in [0.717, 1.165) is 32.1 Å². The molecule has 0 amide bonds. The van der Waals surface area contributed by atoms with Gasteiger partial charge in [-0.15, -0.1) is 12.3 Å². The minimum absolute atomic E-state index is 0.447. The highest BCUT2D eigenvalue weighted by Gasteiger charge is 2.33. The highest BCUT2D eigenvalue weighted by molar-refractivity contribution is 5.80. The number of terminal acetylenes is 1. The van der Waals surface area contributed by atoms with E-state index in [2.05, 4.69) is 41.9 Å². The van der Waals surface area contributed by atoms with E-state index in [9.17, 15) is 0 Å². The van der Waals surface area contributed by atoms with Crippen molar-refractivity contribution in [3.63, 3.8) is 0 Å². The Bertz CT molecular complexity index is 303. The maximum atomic E-state index is 5.25. The Kier molecular flexibility index (Phi) is 5.34. The van der Waals surface area contributed by atoms with Gasteiger partial charge >= 0.3 is 0 Å². The number of nitrogens with zero attached hydrogens (tertiary/aromatic N) is 2. The molecular weight excluding hydrogens is 210 g/mol. The van der Waals surface area contributed by atoms with Gasteiger partial charge in [0.25, 0.3) is 0 Å². The van der Waals surface area contributed by atoms with Gasteiger partial charge in [-0.25, -0.2) is 0 Å². The van der Waals surface area contributed by atoms with E-state index in [-0.39, 0.29) is 0 Å². The number of likely N-dealkylation sites (tertiary alicyclic amines) is 1. The quantitative estimate of drug-likeness (QED) is 0.350. The van der Waals surface area contributed by atoms with E-state index < -0.39 is 0 Å². The topological polar surface area (TPSA) is 27.6 Å². The molecule has 1 heterocycles. The number of hydrogen-bond acceptors (Lipinski definition) is 1. The smallest absolute Gasteiger partial charge is 0.193 e. The second kappa shape index (κ2) is 6.54. The fraction of sp³-hybridized carbons (Fsp3) is 0.786. The van der Waals surface area contributed by atoms with Gasteiger partial charge < -0.3 is 10.2 Å². The zero-order valence-corrected chi connectivity index (χ0v) is 11.4. The van der Waals surface area contributed by atoms with Crippen LogP contribution in [0, 0.1) is 17.8 Å². The van der Waals surface area contributed by atoms with Crippen LogP contribution in [0.2, 0.25) is 0 Å². The van der Waals surface area contributed by atoms with Crippen molar-refractivity contribution >= 4 is 5.96 Å². The lowest BCUT2D eigenvalue weighted by Gasteiger charge is -2.25. The van der Waals surface area contributed by atoms with Crippen LogP contribution < -0.4 is 5.32 Å². The standard InChI is InChI=1S/C14H25N3/c1-5-8-10-16-13(15-7-3)17-11-9-14(4,6-2)12-17/h1H,6-12H2,2-4H3,(H,15,16). The first-order valence-corrected chi connectivity index (χ1v) is 6.62. The summed E-state index contributed by atoms with van der Waals surface area (Å²) in [7, 11) is 0. The number of nitrogens with one attached hydrogen (secondary N) is 1. The first-order valence-electron chi connectivity index (χ1n) is 6.62. The molecule has 0 spiro atoms. The van der Waals surface area contributed by atoms with Crippen LogP contribution in [0.4, 0.5) is 0 Å². The summed E-state index contributed by atoms with van der Waals surface area (Å²) in [6.45, 7) is 10.6. The summed E-state index contributed by atoms with van der Waals surface area (Å²) in [5.74, 6) is 3.66. The Labute approximate surface area is 106 Å². The highest BCUT2D eigenvalue weighted by atomic mass is 15.3. The van der Waals surface area contributed by atoms with Gasteiger partial charge in [0, 0.05) is 26.1 Å². The summed E-state index contributed by atoms with van der Waals surface area (Å²) in [6.07, 6.45) is 8.45. The van der Waals surface area contributed by atoms with E-state index in [1.165, 1.54) is 12.8 Å². The first-order chi connectivity index (χ1) is 8.15. The maximum Gasteiger partial charge on any atom is 0.193 e. The minimum atomic E-state index is 0.447. The molecule has 1 aliphatic heterocycles. The number of rotatable bonds is 4. The third-order valence-corrected chi connectivity index (χ3v) is 3.56. The largest absolute Gasteiger partial charge is 0.357 e. The van der Waals surface area contributed by atoms with Gasteiger partial charge in [0.1, 0.15) is 0 Å². The molecule has 1 aliphatic rings. The molecule has 0 aromatic carbocycles. The van der Waals surface area contributed by atoms with Gasteiger partial charge in [0.15, 0.2) is 5.96 Å². The maximum absolute atomic E-state index is 5.25. The predicted octanol–water partition coefficient (Wildman–Crippen LogP) is 2.10. The van der Waals surface area contributed by atoms with Gasteiger partial charge in [-0.3, -0.25) is 4.99 Å². The van der Waals surface area contributed by atoms with Gasteiger partial charge in [-0.2, -0.15) is 0 Å². The molecule has 1 atom stereocenters. The third kappa shape index (κ3) is 3.96. The van der Waals surface area contributed by atoms with Crippen LogP contribution in [-0.4, -0.2) is 37.0 Å². The molecule has 0 saturated carbocycles. The molecule has 1 fully saturated rings. The lowest BCUT2D eigenvalue weighted by Crippen LogP contribution is -2.41. The van der Waals surface area contributed by atoms with Crippen molar-refractivity contribution in [1.29, 1.82) is 0 Å². The van der Waals surface area contributed by atoms with E-state index in [4.69, 9.17) is 6.42 Å². The Morgan fingerprint density at radius 1 is 1.53 bits per heavy atom. The van der Waals surface area contributed by atoms with E-state index >= 15 is 0 Å². The lowest BCUT2D eigenvalue weighted by molar-refractivity contribution is 0.322. The van der Waals surface area contributed by atoms with E-state index in [0.29, 0.717) is 11.8 Å². The van der Waals surface area contributed by atoms with Crippen molar-refractivity contribution in [3.05, 3.63) is 0 Å². The van der Waals surface area contributed by atoms with Gasteiger partial charge in [0.2, 0.25) is 0 Å². The van der Waals surface area contributed by atoms with Gasteiger partial charge in [-0.05, 0) is 25.2 Å². The highest BCUT2D eigenvalue weighted by Crippen LogP contribution is 2.32. The molecule has 96 valence electrons. The van der Waals surface area contributed by atoms with Crippen LogP contribution in [0.1, 0.15) is 40.0 Å².